The van der Waals surface area contributed by atoms with E-state index >= 15 is 0 Å². The SMILES string of the molecule is Cc1cc(C)c(N[Si](C)(Nc2c(C)cc(C)cc2C)c2ccccc2)c(C)c1. The van der Waals surface area contributed by atoms with Gasteiger partial charge in [0.1, 0.15) is 0 Å². The van der Waals surface area contributed by atoms with E-state index < -0.39 is 8.40 Å². The van der Waals surface area contributed by atoms with Crippen molar-refractivity contribution in [3.05, 3.63) is 88.0 Å². The zero-order valence-corrected chi connectivity index (χ0v) is 19.2. The third kappa shape index (κ3) is 4.15. The third-order valence-electron chi connectivity index (χ3n) is 5.46. The van der Waals surface area contributed by atoms with Crippen LogP contribution in [-0.4, -0.2) is 8.40 Å². The van der Waals surface area contributed by atoms with Crippen molar-refractivity contribution in [1.82, 2.24) is 0 Å². The lowest BCUT2D eigenvalue weighted by Crippen LogP contribution is -2.60. The van der Waals surface area contributed by atoms with E-state index in [-0.39, 0.29) is 0 Å². The van der Waals surface area contributed by atoms with Crippen molar-refractivity contribution in [3.8, 4) is 0 Å². The Morgan fingerprint density at radius 1 is 0.571 bits per heavy atom. The predicted molar refractivity (Wildman–Crippen MR) is 126 cm³/mol. The van der Waals surface area contributed by atoms with Gasteiger partial charge in [0.25, 0.3) is 8.40 Å². The van der Waals surface area contributed by atoms with Gasteiger partial charge in [-0.05, 0) is 75.5 Å². The summed E-state index contributed by atoms with van der Waals surface area (Å²) in [5.41, 5.74) is 10.3. The first-order chi connectivity index (χ1) is 13.2. The first-order valence-electron chi connectivity index (χ1n) is 9.97. The van der Waals surface area contributed by atoms with Crippen molar-refractivity contribution in [3.63, 3.8) is 0 Å². The molecule has 0 radical (unpaired) electrons. The van der Waals surface area contributed by atoms with Crippen molar-refractivity contribution in [1.29, 1.82) is 0 Å². The van der Waals surface area contributed by atoms with Crippen LogP contribution in [0.3, 0.4) is 0 Å². The van der Waals surface area contributed by atoms with Crippen molar-refractivity contribution in [2.24, 2.45) is 0 Å². The smallest absolute Gasteiger partial charge is 0.289 e. The minimum absolute atomic E-state index is 1.25. The normalized spacial score (nSPS) is 11.4. The molecule has 0 atom stereocenters. The second kappa shape index (κ2) is 7.84. The molecule has 0 aliphatic carbocycles. The number of anilines is 2. The van der Waals surface area contributed by atoms with Crippen LogP contribution in [0.4, 0.5) is 11.4 Å². The summed E-state index contributed by atoms with van der Waals surface area (Å²) in [6, 6.07) is 19.9. The van der Waals surface area contributed by atoms with Crippen LogP contribution in [0.1, 0.15) is 33.4 Å². The molecule has 2 nitrogen and oxygen atoms in total. The predicted octanol–water partition coefficient (Wildman–Crippen LogP) is 6.04. The van der Waals surface area contributed by atoms with E-state index in [1.54, 1.807) is 0 Å². The molecule has 0 fully saturated rings. The lowest BCUT2D eigenvalue weighted by Gasteiger charge is -2.34. The number of hydrogen-bond acceptors (Lipinski definition) is 2. The molecular formula is C25H32N2Si. The standard InChI is InChI=1S/C25H32N2Si/c1-17-13-19(3)24(20(4)14-17)26-28(7,23-11-9-8-10-12-23)27-25-21(5)15-18(2)16-22(25)6/h8-16,26-27H,1-7H3. The summed E-state index contributed by atoms with van der Waals surface area (Å²) in [7, 11) is -2.27. The first kappa shape index (κ1) is 20.2. The number of rotatable bonds is 5. The molecule has 3 rings (SSSR count). The molecule has 146 valence electrons. The maximum absolute atomic E-state index is 3.98. The molecule has 3 aromatic rings. The zero-order valence-electron chi connectivity index (χ0n) is 18.2. The van der Waals surface area contributed by atoms with Crippen LogP contribution in [0.2, 0.25) is 6.55 Å². The quantitative estimate of drug-likeness (QED) is 0.521. The molecule has 3 heteroatoms. The third-order valence-corrected chi connectivity index (χ3v) is 8.44. The number of aryl methyl sites for hydroxylation is 6. The molecule has 28 heavy (non-hydrogen) atoms. The van der Waals surface area contributed by atoms with E-state index in [1.807, 2.05) is 0 Å². The Balaban J connectivity index is 2.10. The maximum atomic E-state index is 3.98. The summed E-state index contributed by atoms with van der Waals surface area (Å²) >= 11 is 0. The average Bonchev–Trinajstić information content (AvgIpc) is 2.62. The van der Waals surface area contributed by atoms with Crippen molar-refractivity contribution in [2.45, 2.75) is 48.1 Å². The van der Waals surface area contributed by atoms with Crippen molar-refractivity contribution < 1.29 is 0 Å². The minimum Gasteiger partial charge on any atom is -0.391 e. The monoisotopic (exact) mass is 388 g/mol. The Kier molecular flexibility index (Phi) is 5.66. The molecule has 0 amide bonds. The van der Waals surface area contributed by atoms with Gasteiger partial charge in [0.05, 0.1) is 0 Å². The summed E-state index contributed by atoms with van der Waals surface area (Å²) < 4.78 is 0. The Hall–Kier alpha value is -2.52. The Labute approximate surface area is 171 Å². The van der Waals surface area contributed by atoms with Crippen LogP contribution in [0.25, 0.3) is 0 Å². The van der Waals surface area contributed by atoms with Gasteiger partial charge in [0.15, 0.2) is 0 Å². The molecule has 0 saturated heterocycles. The van der Waals surface area contributed by atoms with E-state index in [2.05, 4.69) is 113 Å². The fourth-order valence-electron chi connectivity index (χ4n) is 4.20. The van der Waals surface area contributed by atoms with Gasteiger partial charge in [-0.15, -0.1) is 0 Å². The fraction of sp³-hybridized carbons (Fsp3) is 0.280. The Bertz CT molecular complexity index is 887. The lowest BCUT2D eigenvalue weighted by molar-refractivity contribution is 1.30. The molecule has 0 aromatic heterocycles. The van der Waals surface area contributed by atoms with E-state index in [0.717, 1.165) is 0 Å². The van der Waals surface area contributed by atoms with Gasteiger partial charge in [-0.1, -0.05) is 65.7 Å². The number of nitrogens with one attached hydrogen (secondary N) is 2. The summed E-state index contributed by atoms with van der Waals surface area (Å²) in [5, 5.41) is 1.34. The van der Waals surface area contributed by atoms with Crippen LogP contribution in [-0.2, 0) is 0 Å². The van der Waals surface area contributed by atoms with E-state index in [0.29, 0.717) is 0 Å². The molecule has 2 N–H and O–H groups in total. The Morgan fingerprint density at radius 3 is 1.29 bits per heavy atom. The maximum Gasteiger partial charge on any atom is 0.289 e. The molecule has 0 aliphatic heterocycles. The number of benzene rings is 3. The van der Waals surface area contributed by atoms with Crippen molar-refractivity contribution >= 4 is 25.0 Å². The highest BCUT2D eigenvalue weighted by atomic mass is 28.3. The summed E-state index contributed by atoms with van der Waals surface area (Å²) in [5.74, 6) is 0. The van der Waals surface area contributed by atoms with E-state index in [4.69, 9.17) is 0 Å². The van der Waals surface area contributed by atoms with Crippen LogP contribution >= 0.6 is 0 Å². The van der Waals surface area contributed by atoms with Gasteiger partial charge in [-0.2, -0.15) is 0 Å². The first-order valence-corrected chi connectivity index (χ1v) is 12.5. The topological polar surface area (TPSA) is 24.1 Å². The number of hydrogen-bond donors (Lipinski definition) is 2. The summed E-state index contributed by atoms with van der Waals surface area (Å²) in [6.07, 6.45) is 0. The highest BCUT2D eigenvalue weighted by Gasteiger charge is 2.33. The van der Waals surface area contributed by atoms with Crippen molar-refractivity contribution in [2.75, 3.05) is 9.96 Å². The van der Waals surface area contributed by atoms with Crippen LogP contribution in [0.15, 0.2) is 54.6 Å². The van der Waals surface area contributed by atoms with Crippen LogP contribution in [0.5, 0.6) is 0 Å². The van der Waals surface area contributed by atoms with Crippen LogP contribution in [0, 0.1) is 41.5 Å². The van der Waals surface area contributed by atoms with Gasteiger partial charge >= 0.3 is 0 Å². The highest BCUT2D eigenvalue weighted by molar-refractivity contribution is 6.95. The summed E-state index contributed by atoms with van der Waals surface area (Å²) in [4.78, 5) is 7.96. The van der Waals surface area contributed by atoms with Gasteiger partial charge in [0, 0.05) is 11.4 Å². The molecule has 0 unspecified atom stereocenters. The largest absolute Gasteiger partial charge is 0.391 e. The average molecular weight is 389 g/mol. The molecule has 0 bridgehead atoms. The molecule has 0 saturated carbocycles. The fourth-order valence-corrected chi connectivity index (χ4v) is 7.20. The zero-order chi connectivity index (χ0) is 20.5. The molecule has 0 heterocycles. The molecule has 3 aromatic carbocycles. The highest BCUT2D eigenvalue weighted by Crippen LogP contribution is 2.28. The lowest BCUT2D eigenvalue weighted by atomic mass is 10.1. The second-order valence-corrected chi connectivity index (χ2v) is 11.6. The molecule has 0 aliphatic rings. The van der Waals surface area contributed by atoms with Gasteiger partial charge in [0.2, 0.25) is 0 Å². The van der Waals surface area contributed by atoms with E-state index in [1.165, 1.54) is 49.9 Å². The van der Waals surface area contributed by atoms with Crippen LogP contribution < -0.4 is 15.2 Å². The summed E-state index contributed by atoms with van der Waals surface area (Å²) in [6.45, 7) is 15.5. The molecular weight excluding hydrogens is 356 g/mol. The van der Waals surface area contributed by atoms with Gasteiger partial charge in [-0.25, -0.2) is 0 Å². The van der Waals surface area contributed by atoms with Gasteiger partial charge in [-0.3, -0.25) is 0 Å². The van der Waals surface area contributed by atoms with Gasteiger partial charge < -0.3 is 9.96 Å². The van der Waals surface area contributed by atoms with E-state index in [9.17, 15) is 0 Å². The second-order valence-electron chi connectivity index (χ2n) is 8.29. The Morgan fingerprint density at radius 2 is 0.929 bits per heavy atom. The minimum atomic E-state index is -2.27. The molecule has 0 spiro atoms.